The Hall–Kier alpha value is -3.67. The van der Waals surface area contributed by atoms with Gasteiger partial charge in [-0.25, -0.2) is 4.79 Å². The highest BCUT2D eigenvalue weighted by Crippen LogP contribution is 2.19. The molecule has 0 aliphatic rings. The van der Waals surface area contributed by atoms with E-state index in [9.17, 15) is 9.59 Å². The van der Waals surface area contributed by atoms with Crippen molar-refractivity contribution in [3.8, 4) is 11.5 Å². The normalized spacial score (nSPS) is 10.8. The van der Waals surface area contributed by atoms with Crippen molar-refractivity contribution >= 4 is 16.7 Å². The third kappa shape index (κ3) is 3.64. The van der Waals surface area contributed by atoms with Gasteiger partial charge in [0.2, 0.25) is 5.89 Å². The molecule has 0 saturated heterocycles. The fourth-order valence-electron chi connectivity index (χ4n) is 2.85. The molecule has 0 amide bonds. The molecule has 4 aromatic rings. The van der Waals surface area contributed by atoms with Crippen LogP contribution in [0.15, 0.2) is 82.0 Å². The predicted molar refractivity (Wildman–Crippen MR) is 99.9 cm³/mol. The minimum absolute atomic E-state index is 0.123. The first kappa shape index (κ1) is 16.8. The van der Waals surface area contributed by atoms with Crippen LogP contribution in [0.1, 0.15) is 5.56 Å². The van der Waals surface area contributed by atoms with Crippen LogP contribution >= 0.6 is 0 Å². The van der Waals surface area contributed by atoms with Crippen LogP contribution in [0.5, 0.6) is 0 Å². The molecule has 6 nitrogen and oxygen atoms in total. The summed E-state index contributed by atoms with van der Waals surface area (Å²) in [7, 11) is 0. The average molecular weight is 360 g/mol. The van der Waals surface area contributed by atoms with Crippen LogP contribution in [0.25, 0.3) is 22.2 Å². The monoisotopic (exact) mass is 360 g/mol. The van der Waals surface area contributed by atoms with Gasteiger partial charge < -0.3 is 9.15 Å². The molecular weight excluding hydrogens is 344 g/mol. The number of carbonyl (C=O) groups excluding carboxylic acids is 1. The Morgan fingerprint density at radius 2 is 1.70 bits per heavy atom. The fraction of sp³-hybridized carbons (Fsp3) is 0.0952. The Morgan fingerprint density at radius 3 is 2.56 bits per heavy atom. The Bertz CT molecular complexity index is 1140. The van der Waals surface area contributed by atoms with Gasteiger partial charge in [-0.2, -0.15) is 4.68 Å². The number of hydrogen-bond donors (Lipinski definition) is 0. The third-order valence-electron chi connectivity index (χ3n) is 4.17. The number of nitrogens with zero attached hydrogens (tertiary/aromatic N) is 2. The summed E-state index contributed by atoms with van der Waals surface area (Å²) in [5.74, 6) is -1.09. The van der Waals surface area contributed by atoms with Crippen LogP contribution in [0.2, 0.25) is 0 Å². The van der Waals surface area contributed by atoms with E-state index in [1.165, 1.54) is 0 Å². The predicted octanol–water partition coefficient (Wildman–Crippen LogP) is 3.40. The summed E-state index contributed by atoms with van der Waals surface area (Å²) in [6.45, 7) is -0.182. The van der Waals surface area contributed by atoms with Gasteiger partial charge in [0.25, 0.3) is 0 Å². The van der Waals surface area contributed by atoms with E-state index in [0.717, 1.165) is 21.0 Å². The molecule has 27 heavy (non-hydrogen) atoms. The summed E-state index contributed by atoms with van der Waals surface area (Å²) in [4.78, 5) is 24.1. The van der Waals surface area contributed by atoms with Crippen molar-refractivity contribution in [1.29, 1.82) is 0 Å². The van der Waals surface area contributed by atoms with Crippen LogP contribution in [0.3, 0.4) is 0 Å². The minimum atomic E-state index is -0.698. The molecule has 0 aliphatic carbocycles. The molecule has 1 aromatic heterocycles. The van der Waals surface area contributed by atoms with E-state index in [-0.39, 0.29) is 19.0 Å². The second-order valence-electron chi connectivity index (χ2n) is 6.00. The number of fused-ring (bicyclic) bond motifs is 1. The lowest BCUT2D eigenvalue weighted by Gasteiger charge is -2.07. The lowest BCUT2D eigenvalue weighted by Crippen LogP contribution is -2.23. The van der Waals surface area contributed by atoms with Crippen LogP contribution in [0.4, 0.5) is 0 Å². The second-order valence-corrected chi connectivity index (χ2v) is 6.00. The van der Waals surface area contributed by atoms with Gasteiger partial charge in [0.15, 0.2) is 0 Å². The Kier molecular flexibility index (Phi) is 4.53. The summed E-state index contributed by atoms with van der Waals surface area (Å²) in [5, 5.41) is 6.16. The van der Waals surface area contributed by atoms with Crippen LogP contribution in [-0.4, -0.2) is 15.7 Å². The molecule has 4 rings (SSSR count). The number of esters is 1. The Morgan fingerprint density at radius 1 is 0.963 bits per heavy atom. The van der Waals surface area contributed by atoms with E-state index in [2.05, 4.69) is 5.10 Å². The molecule has 0 atom stereocenters. The topological polar surface area (TPSA) is 74.3 Å². The highest BCUT2D eigenvalue weighted by Gasteiger charge is 2.14. The van der Waals surface area contributed by atoms with Crippen LogP contribution < -0.4 is 5.76 Å². The molecule has 0 radical (unpaired) electrons. The Labute approximate surface area is 154 Å². The summed E-state index contributed by atoms with van der Waals surface area (Å²) in [5.41, 5.74) is 1.57. The van der Waals surface area contributed by atoms with Crippen molar-refractivity contribution in [2.45, 2.75) is 13.2 Å². The van der Waals surface area contributed by atoms with Gasteiger partial charge in [-0.05, 0) is 28.5 Å². The van der Waals surface area contributed by atoms with Crippen molar-refractivity contribution in [3.05, 3.63) is 88.9 Å². The first-order chi connectivity index (χ1) is 13.2. The van der Waals surface area contributed by atoms with Gasteiger partial charge in [-0.3, -0.25) is 4.79 Å². The number of carbonyl (C=O) groups is 1. The SMILES string of the molecule is O=C(Cn1nc(-c2ccccc2)oc1=O)OCc1cccc2ccccc12. The highest BCUT2D eigenvalue weighted by molar-refractivity contribution is 5.85. The smallest absolute Gasteiger partial charge is 0.437 e. The van der Waals surface area contributed by atoms with Gasteiger partial charge in [-0.15, -0.1) is 5.10 Å². The molecule has 134 valence electrons. The standard InChI is InChI=1S/C21H16N2O4/c24-19(26-14-17-11-6-10-15-7-4-5-12-18(15)17)13-23-21(25)27-20(22-23)16-8-2-1-3-9-16/h1-12H,13-14H2. The van der Waals surface area contributed by atoms with Crippen molar-refractivity contribution in [2.75, 3.05) is 0 Å². The zero-order valence-electron chi connectivity index (χ0n) is 14.4. The lowest BCUT2D eigenvalue weighted by atomic mass is 10.1. The molecule has 0 fully saturated rings. The molecule has 0 bridgehead atoms. The molecule has 1 heterocycles. The van der Waals surface area contributed by atoms with Crippen LogP contribution in [-0.2, 0) is 22.7 Å². The summed E-state index contributed by atoms with van der Waals surface area (Å²) in [6, 6.07) is 22.7. The molecule has 3 aromatic carbocycles. The molecule has 0 N–H and O–H groups in total. The zero-order chi connectivity index (χ0) is 18.6. The first-order valence-electron chi connectivity index (χ1n) is 8.46. The number of aromatic nitrogens is 2. The largest absolute Gasteiger partial charge is 0.459 e. The fourth-order valence-corrected chi connectivity index (χ4v) is 2.85. The number of ether oxygens (including phenoxy) is 1. The number of rotatable bonds is 5. The van der Waals surface area contributed by atoms with Crippen molar-refractivity contribution in [1.82, 2.24) is 9.78 Å². The maximum atomic E-state index is 12.2. The summed E-state index contributed by atoms with van der Waals surface area (Å²) >= 11 is 0. The van der Waals surface area contributed by atoms with E-state index in [4.69, 9.17) is 9.15 Å². The van der Waals surface area contributed by atoms with E-state index in [1.54, 1.807) is 12.1 Å². The molecule has 0 saturated carbocycles. The molecule has 0 aliphatic heterocycles. The van der Waals surface area contributed by atoms with Gasteiger partial charge in [0.05, 0.1) is 0 Å². The molecule has 0 spiro atoms. The van der Waals surface area contributed by atoms with Gasteiger partial charge in [0, 0.05) is 5.56 Å². The summed E-state index contributed by atoms with van der Waals surface area (Å²) in [6.07, 6.45) is 0. The maximum absolute atomic E-state index is 12.2. The second kappa shape index (κ2) is 7.29. The van der Waals surface area contributed by atoms with Gasteiger partial charge in [0.1, 0.15) is 13.2 Å². The van der Waals surface area contributed by atoms with Gasteiger partial charge in [-0.1, -0.05) is 60.7 Å². The van der Waals surface area contributed by atoms with Gasteiger partial charge >= 0.3 is 11.7 Å². The lowest BCUT2D eigenvalue weighted by molar-refractivity contribution is -0.146. The van der Waals surface area contributed by atoms with E-state index in [1.807, 2.05) is 60.7 Å². The quantitative estimate of drug-likeness (QED) is 0.510. The average Bonchev–Trinajstić information content (AvgIpc) is 3.07. The minimum Gasteiger partial charge on any atom is -0.459 e. The maximum Gasteiger partial charge on any atom is 0.437 e. The van der Waals surface area contributed by atoms with E-state index >= 15 is 0 Å². The third-order valence-corrected chi connectivity index (χ3v) is 4.17. The summed E-state index contributed by atoms with van der Waals surface area (Å²) < 4.78 is 11.4. The van der Waals surface area contributed by atoms with Crippen LogP contribution in [0, 0.1) is 0 Å². The molecule has 6 heteroatoms. The van der Waals surface area contributed by atoms with Crippen molar-refractivity contribution < 1.29 is 13.9 Å². The number of benzene rings is 3. The van der Waals surface area contributed by atoms with Crippen molar-refractivity contribution in [3.63, 3.8) is 0 Å². The zero-order valence-corrected chi connectivity index (χ0v) is 14.4. The number of hydrogen-bond acceptors (Lipinski definition) is 5. The first-order valence-corrected chi connectivity index (χ1v) is 8.46. The van der Waals surface area contributed by atoms with E-state index in [0.29, 0.717) is 5.56 Å². The highest BCUT2D eigenvalue weighted by atomic mass is 16.5. The molecular formula is C21H16N2O4. The Balaban J connectivity index is 1.46. The van der Waals surface area contributed by atoms with E-state index < -0.39 is 11.7 Å². The van der Waals surface area contributed by atoms with Crippen molar-refractivity contribution in [2.24, 2.45) is 0 Å². The molecule has 0 unspecified atom stereocenters.